The lowest BCUT2D eigenvalue weighted by molar-refractivity contribution is -0.126. The predicted octanol–water partition coefficient (Wildman–Crippen LogP) is 1.76. The third-order valence-corrected chi connectivity index (χ3v) is 4.72. The van der Waals surface area contributed by atoms with Crippen molar-refractivity contribution in [2.75, 3.05) is 40.5 Å². The van der Waals surface area contributed by atoms with E-state index in [4.69, 9.17) is 9.47 Å². The minimum absolute atomic E-state index is 0.00109. The van der Waals surface area contributed by atoms with Crippen molar-refractivity contribution in [3.8, 4) is 0 Å². The molecule has 1 aliphatic heterocycles. The predicted molar refractivity (Wildman–Crippen MR) is 97.5 cm³/mol. The smallest absolute Gasteiger partial charge is 0.317 e. The van der Waals surface area contributed by atoms with Crippen molar-refractivity contribution in [1.82, 2.24) is 15.5 Å². The molecular weight excluding hydrogens is 322 g/mol. The largest absolute Gasteiger partial charge is 0.383 e. The van der Waals surface area contributed by atoms with Crippen LogP contribution in [0.1, 0.15) is 46.0 Å². The second-order valence-corrected chi connectivity index (χ2v) is 6.80. The first-order chi connectivity index (χ1) is 12.0. The summed E-state index contributed by atoms with van der Waals surface area (Å²) in [7, 11) is 3.25. The van der Waals surface area contributed by atoms with Crippen LogP contribution >= 0.6 is 0 Å². The summed E-state index contributed by atoms with van der Waals surface area (Å²) in [5.74, 6) is -0.156. The monoisotopic (exact) mass is 357 g/mol. The highest BCUT2D eigenvalue weighted by atomic mass is 16.5. The number of hydrogen-bond acceptors (Lipinski definition) is 4. The molecule has 3 unspecified atom stereocenters. The lowest BCUT2D eigenvalue weighted by atomic mass is 9.93. The molecule has 1 heterocycles. The fraction of sp³-hybridized carbons (Fsp3) is 0.889. The van der Waals surface area contributed by atoms with E-state index in [-0.39, 0.29) is 29.9 Å². The van der Waals surface area contributed by atoms with Gasteiger partial charge in [-0.1, -0.05) is 19.8 Å². The topological polar surface area (TPSA) is 79.9 Å². The molecule has 2 N–H and O–H groups in total. The molecule has 7 nitrogen and oxygen atoms in total. The highest BCUT2D eigenvalue weighted by Gasteiger charge is 2.33. The molecule has 1 saturated heterocycles. The number of ether oxygens (including phenoxy) is 2. The van der Waals surface area contributed by atoms with Crippen molar-refractivity contribution < 1.29 is 19.1 Å². The number of nitrogens with one attached hydrogen (secondary N) is 2. The number of urea groups is 1. The zero-order valence-corrected chi connectivity index (χ0v) is 16.2. The van der Waals surface area contributed by atoms with Crippen LogP contribution < -0.4 is 10.6 Å². The molecule has 0 aliphatic carbocycles. The van der Waals surface area contributed by atoms with Crippen molar-refractivity contribution in [3.63, 3.8) is 0 Å². The number of nitrogens with zero attached hydrogens (tertiary/aromatic N) is 1. The quantitative estimate of drug-likeness (QED) is 0.584. The van der Waals surface area contributed by atoms with Gasteiger partial charge in [0.2, 0.25) is 5.91 Å². The van der Waals surface area contributed by atoms with Crippen molar-refractivity contribution >= 4 is 11.9 Å². The highest BCUT2D eigenvalue weighted by molar-refractivity contribution is 5.81. The third-order valence-electron chi connectivity index (χ3n) is 4.72. The third kappa shape index (κ3) is 7.61. The second-order valence-electron chi connectivity index (χ2n) is 6.80. The van der Waals surface area contributed by atoms with Crippen LogP contribution in [0.5, 0.6) is 0 Å². The number of rotatable bonds is 10. The van der Waals surface area contributed by atoms with Crippen LogP contribution in [0.4, 0.5) is 4.79 Å². The minimum atomic E-state index is -0.157. The summed E-state index contributed by atoms with van der Waals surface area (Å²) >= 11 is 0. The first-order valence-corrected chi connectivity index (χ1v) is 9.36. The molecule has 1 aliphatic rings. The molecule has 7 heteroatoms. The molecule has 0 radical (unpaired) electrons. The van der Waals surface area contributed by atoms with E-state index in [1.807, 2.05) is 6.92 Å². The summed E-state index contributed by atoms with van der Waals surface area (Å²) in [5.41, 5.74) is 0. The number of amides is 3. The Morgan fingerprint density at radius 1 is 1.24 bits per heavy atom. The van der Waals surface area contributed by atoms with E-state index >= 15 is 0 Å². The van der Waals surface area contributed by atoms with Crippen LogP contribution in [-0.2, 0) is 14.3 Å². The average molecular weight is 357 g/mol. The SMILES string of the molecule is CCCCC(COC)NC(=O)N1CC(C(=O)NCCOC)CCC1C. The first-order valence-electron chi connectivity index (χ1n) is 9.36. The highest BCUT2D eigenvalue weighted by Crippen LogP contribution is 2.22. The number of methoxy groups -OCH3 is 2. The Hall–Kier alpha value is -1.34. The number of carbonyl (C=O) groups excluding carboxylic acids is 2. The van der Waals surface area contributed by atoms with Gasteiger partial charge in [0.1, 0.15) is 0 Å². The maximum Gasteiger partial charge on any atom is 0.317 e. The van der Waals surface area contributed by atoms with E-state index in [0.717, 1.165) is 32.1 Å². The van der Waals surface area contributed by atoms with Gasteiger partial charge in [-0.15, -0.1) is 0 Å². The molecule has 0 spiro atoms. The van der Waals surface area contributed by atoms with E-state index in [9.17, 15) is 9.59 Å². The number of carbonyl (C=O) groups is 2. The number of hydrogen-bond donors (Lipinski definition) is 2. The molecule has 146 valence electrons. The van der Waals surface area contributed by atoms with Gasteiger partial charge < -0.3 is 25.0 Å². The second kappa shape index (κ2) is 12.1. The van der Waals surface area contributed by atoms with E-state index < -0.39 is 0 Å². The molecule has 1 rings (SSSR count). The Kier molecular flexibility index (Phi) is 10.5. The van der Waals surface area contributed by atoms with Crippen molar-refractivity contribution in [3.05, 3.63) is 0 Å². The van der Waals surface area contributed by atoms with Gasteiger partial charge in [-0.25, -0.2) is 4.79 Å². The zero-order valence-electron chi connectivity index (χ0n) is 16.2. The lowest BCUT2D eigenvalue weighted by Gasteiger charge is -2.38. The molecule has 3 atom stereocenters. The van der Waals surface area contributed by atoms with Crippen LogP contribution in [0, 0.1) is 5.92 Å². The van der Waals surface area contributed by atoms with Gasteiger partial charge >= 0.3 is 6.03 Å². The average Bonchev–Trinajstić information content (AvgIpc) is 2.60. The van der Waals surface area contributed by atoms with Gasteiger partial charge in [-0.2, -0.15) is 0 Å². The van der Waals surface area contributed by atoms with Gasteiger partial charge in [0.25, 0.3) is 0 Å². The van der Waals surface area contributed by atoms with Crippen LogP contribution in [0.25, 0.3) is 0 Å². The molecule has 3 amide bonds. The van der Waals surface area contributed by atoms with E-state index in [0.29, 0.717) is 26.3 Å². The summed E-state index contributed by atoms with van der Waals surface area (Å²) in [5, 5.41) is 5.95. The van der Waals surface area contributed by atoms with Crippen LogP contribution in [-0.4, -0.2) is 69.4 Å². The Balaban J connectivity index is 2.57. The van der Waals surface area contributed by atoms with E-state index in [2.05, 4.69) is 17.6 Å². The molecular formula is C18H35N3O4. The minimum Gasteiger partial charge on any atom is -0.383 e. The summed E-state index contributed by atoms with van der Waals surface area (Å²) in [4.78, 5) is 26.8. The van der Waals surface area contributed by atoms with Crippen LogP contribution in [0.3, 0.4) is 0 Å². The Morgan fingerprint density at radius 3 is 2.64 bits per heavy atom. The molecule has 0 bridgehead atoms. The van der Waals surface area contributed by atoms with Crippen molar-refractivity contribution in [2.45, 2.75) is 58.0 Å². The Labute approximate surface area is 151 Å². The molecule has 25 heavy (non-hydrogen) atoms. The van der Waals surface area contributed by atoms with Crippen molar-refractivity contribution in [1.29, 1.82) is 0 Å². The molecule has 0 aromatic heterocycles. The summed E-state index contributed by atoms with van der Waals surface area (Å²) < 4.78 is 10.2. The van der Waals surface area contributed by atoms with Gasteiger partial charge in [0, 0.05) is 33.4 Å². The van der Waals surface area contributed by atoms with Gasteiger partial charge in [-0.3, -0.25) is 4.79 Å². The fourth-order valence-corrected chi connectivity index (χ4v) is 3.13. The molecule has 1 fully saturated rings. The Bertz CT molecular complexity index is 406. The molecule has 0 aromatic carbocycles. The van der Waals surface area contributed by atoms with Crippen LogP contribution in [0.15, 0.2) is 0 Å². The summed E-state index contributed by atoms with van der Waals surface area (Å²) in [6.45, 7) is 6.13. The number of unbranched alkanes of at least 4 members (excludes halogenated alkanes) is 1. The maximum absolute atomic E-state index is 12.7. The van der Waals surface area contributed by atoms with Crippen LogP contribution in [0.2, 0.25) is 0 Å². The fourth-order valence-electron chi connectivity index (χ4n) is 3.13. The Morgan fingerprint density at radius 2 is 2.00 bits per heavy atom. The first kappa shape index (κ1) is 21.7. The standard InChI is InChI=1S/C18H35N3O4/c1-5-6-7-16(13-25-4)20-18(23)21-12-15(9-8-14(21)2)17(22)19-10-11-24-3/h14-16H,5-13H2,1-4H3,(H,19,22)(H,20,23). The zero-order chi connectivity index (χ0) is 18.7. The normalized spacial score (nSPS) is 21.7. The number of piperidine rings is 1. The molecule has 0 saturated carbocycles. The van der Waals surface area contributed by atoms with Gasteiger partial charge in [0.15, 0.2) is 0 Å². The summed E-state index contributed by atoms with van der Waals surface area (Å²) in [6.07, 6.45) is 4.67. The van der Waals surface area contributed by atoms with Crippen molar-refractivity contribution in [2.24, 2.45) is 5.92 Å². The summed E-state index contributed by atoms with van der Waals surface area (Å²) in [6, 6.07) is 0.0537. The molecule has 0 aromatic rings. The van der Waals surface area contributed by atoms with Gasteiger partial charge in [0.05, 0.1) is 25.2 Å². The maximum atomic E-state index is 12.7. The number of likely N-dealkylation sites (tertiary alicyclic amines) is 1. The van der Waals surface area contributed by atoms with Gasteiger partial charge in [-0.05, 0) is 26.2 Å². The van der Waals surface area contributed by atoms with E-state index in [1.54, 1.807) is 19.1 Å². The van der Waals surface area contributed by atoms with E-state index in [1.165, 1.54) is 0 Å². The lowest BCUT2D eigenvalue weighted by Crippen LogP contribution is -2.55.